The molecule has 0 fully saturated rings. The van der Waals surface area contributed by atoms with Gasteiger partial charge in [0, 0.05) is 16.3 Å². The molecular formula is C26H23ClFN5O2S. The Morgan fingerprint density at radius 3 is 2.61 bits per heavy atom. The quantitative estimate of drug-likeness (QED) is 0.304. The second-order valence-corrected chi connectivity index (χ2v) is 9.44. The monoisotopic (exact) mass is 523 g/mol. The van der Waals surface area contributed by atoms with Crippen molar-refractivity contribution in [1.82, 2.24) is 20.1 Å². The fourth-order valence-electron chi connectivity index (χ4n) is 3.46. The van der Waals surface area contributed by atoms with Crippen molar-refractivity contribution in [3.8, 4) is 5.69 Å². The maximum atomic E-state index is 13.5. The number of thioether (sulfide) groups is 1. The first-order chi connectivity index (χ1) is 17.3. The Balaban J connectivity index is 1.52. The number of halogens is 2. The topological polar surface area (TPSA) is 88.9 Å². The molecule has 0 atom stereocenters. The van der Waals surface area contributed by atoms with E-state index in [9.17, 15) is 14.0 Å². The van der Waals surface area contributed by atoms with Gasteiger partial charge < -0.3 is 10.6 Å². The summed E-state index contributed by atoms with van der Waals surface area (Å²) in [6.07, 6.45) is 0. The molecule has 7 nitrogen and oxygen atoms in total. The van der Waals surface area contributed by atoms with Crippen LogP contribution < -0.4 is 10.6 Å². The molecule has 0 saturated heterocycles. The Bertz CT molecular complexity index is 1430. The van der Waals surface area contributed by atoms with Gasteiger partial charge in [0.05, 0.1) is 18.0 Å². The van der Waals surface area contributed by atoms with E-state index in [2.05, 4.69) is 20.8 Å². The Kier molecular flexibility index (Phi) is 8.02. The molecule has 1 heterocycles. The molecule has 0 aliphatic heterocycles. The average molecular weight is 524 g/mol. The van der Waals surface area contributed by atoms with Crippen LogP contribution in [-0.4, -0.2) is 32.3 Å². The molecule has 10 heteroatoms. The summed E-state index contributed by atoms with van der Waals surface area (Å²) in [5, 5.41) is 15.1. The molecule has 0 spiro atoms. The molecule has 184 valence electrons. The van der Waals surface area contributed by atoms with Crippen LogP contribution in [-0.2, 0) is 11.3 Å². The number of carbonyl (C=O) groups is 2. The third-order valence-corrected chi connectivity index (χ3v) is 6.42. The van der Waals surface area contributed by atoms with E-state index >= 15 is 0 Å². The molecular weight excluding hydrogens is 501 g/mol. The molecule has 2 amide bonds. The van der Waals surface area contributed by atoms with E-state index in [1.165, 1.54) is 30.0 Å². The number of rotatable bonds is 8. The molecule has 36 heavy (non-hydrogen) atoms. The summed E-state index contributed by atoms with van der Waals surface area (Å²) < 4.78 is 15.2. The summed E-state index contributed by atoms with van der Waals surface area (Å²) in [5.74, 6) is -0.601. The van der Waals surface area contributed by atoms with Gasteiger partial charge in [0.15, 0.2) is 11.0 Å². The molecule has 0 saturated carbocycles. The number of aromatic nitrogens is 3. The average Bonchev–Trinajstić information content (AvgIpc) is 3.26. The number of carbonyl (C=O) groups excluding carboxylic acids is 2. The maximum Gasteiger partial charge on any atom is 0.251 e. The van der Waals surface area contributed by atoms with Gasteiger partial charge in [0.25, 0.3) is 5.91 Å². The lowest BCUT2D eigenvalue weighted by Crippen LogP contribution is -2.24. The van der Waals surface area contributed by atoms with Crippen molar-refractivity contribution in [1.29, 1.82) is 0 Å². The SMILES string of the molecule is Cc1ccc(C)c(NC(=O)CSc2nnc(CNC(=O)c3cccc(F)c3)n2-c2cccc(Cl)c2)c1. The number of nitrogens with zero attached hydrogens (tertiary/aromatic N) is 3. The van der Waals surface area contributed by atoms with Crippen molar-refractivity contribution in [2.45, 2.75) is 25.5 Å². The number of benzene rings is 3. The van der Waals surface area contributed by atoms with Crippen LogP contribution >= 0.6 is 23.4 Å². The summed E-state index contributed by atoms with van der Waals surface area (Å²) in [7, 11) is 0. The molecule has 2 N–H and O–H groups in total. The smallest absolute Gasteiger partial charge is 0.251 e. The molecule has 0 radical (unpaired) electrons. The number of hydrogen-bond donors (Lipinski definition) is 2. The highest BCUT2D eigenvalue weighted by molar-refractivity contribution is 7.99. The van der Waals surface area contributed by atoms with Crippen molar-refractivity contribution in [2.75, 3.05) is 11.1 Å². The molecule has 4 aromatic rings. The summed E-state index contributed by atoms with van der Waals surface area (Å²) >= 11 is 7.41. The van der Waals surface area contributed by atoms with Gasteiger partial charge in [0.1, 0.15) is 5.82 Å². The molecule has 0 aliphatic carbocycles. The number of hydrogen-bond acceptors (Lipinski definition) is 5. The van der Waals surface area contributed by atoms with Crippen molar-refractivity contribution < 1.29 is 14.0 Å². The van der Waals surface area contributed by atoms with E-state index in [4.69, 9.17) is 11.6 Å². The number of amides is 2. The van der Waals surface area contributed by atoms with Crippen LogP contribution in [0.3, 0.4) is 0 Å². The van der Waals surface area contributed by atoms with Crippen LogP contribution in [0.25, 0.3) is 5.69 Å². The largest absolute Gasteiger partial charge is 0.345 e. The van der Waals surface area contributed by atoms with Gasteiger partial charge in [-0.1, -0.05) is 47.6 Å². The lowest BCUT2D eigenvalue weighted by Gasteiger charge is -2.12. The van der Waals surface area contributed by atoms with E-state index in [0.717, 1.165) is 22.9 Å². The van der Waals surface area contributed by atoms with Gasteiger partial charge >= 0.3 is 0 Å². The maximum absolute atomic E-state index is 13.5. The Hall–Kier alpha value is -3.69. The molecule has 3 aromatic carbocycles. The highest BCUT2D eigenvalue weighted by Crippen LogP contribution is 2.25. The molecule has 0 unspecified atom stereocenters. The van der Waals surface area contributed by atoms with Crippen LogP contribution in [0.1, 0.15) is 27.3 Å². The highest BCUT2D eigenvalue weighted by Gasteiger charge is 2.18. The van der Waals surface area contributed by atoms with Crippen LogP contribution in [0, 0.1) is 19.7 Å². The first-order valence-electron chi connectivity index (χ1n) is 11.0. The van der Waals surface area contributed by atoms with Gasteiger partial charge in [-0.15, -0.1) is 10.2 Å². The zero-order chi connectivity index (χ0) is 25.7. The van der Waals surface area contributed by atoms with Gasteiger partial charge in [-0.25, -0.2) is 4.39 Å². The fourth-order valence-corrected chi connectivity index (χ4v) is 4.42. The van der Waals surface area contributed by atoms with Crippen molar-refractivity contribution in [3.05, 3.63) is 100 Å². The second-order valence-electron chi connectivity index (χ2n) is 8.06. The molecule has 1 aromatic heterocycles. The third kappa shape index (κ3) is 6.30. The lowest BCUT2D eigenvalue weighted by molar-refractivity contribution is -0.113. The second kappa shape index (κ2) is 11.4. The van der Waals surface area contributed by atoms with Gasteiger partial charge in [-0.05, 0) is 67.4 Å². The van der Waals surface area contributed by atoms with Crippen LogP contribution in [0.5, 0.6) is 0 Å². The van der Waals surface area contributed by atoms with E-state index in [-0.39, 0.29) is 23.8 Å². The van der Waals surface area contributed by atoms with E-state index in [1.807, 2.05) is 38.1 Å². The normalized spacial score (nSPS) is 10.8. The first kappa shape index (κ1) is 25.4. The number of nitrogens with one attached hydrogen (secondary N) is 2. The summed E-state index contributed by atoms with van der Waals surface area (Å²) in [4.78, 5) is 25.2. The summed E-state index contributed by atoms with van der Waals surface area (Å²) in [6.45, 7) is 3.93. The zero-order valence-corrected chi connectivity index (χ0v) is 21.2. The van der Waals surface area contributed by atoms with E-state index < -0.39 is 11.7 Å². The number of anilines is 1. The highest BCUT2D eigenvalue weighted by atomic mass is 35.5. The van der Waals surface area contributed by atoms with Gasteiger partial charge in [0.2, 0.25) is 5.91 Å². The zero-order valence-electron chi connectivity index (χ0n) is 19.6. The van der Waals surface area contributed by atoms with Gasteiger partial charge in [-0.2, -0.15) is 0 Å². The fraction of sp³-hybridized carbons (Fsp3) is 0.154. The Morgan fingerprint density at radius 2 is 1.83 bits per heavy atom. The standard InChI is InChI=1S/C26H23ClFN5O2S/c1-16-9-10-17(2)22(11-16)30-24(34)15-36-26-32-31-23(33(26)21-8-4-6-19(27)13-21)14-29-25(35)18-5-3-7-20(28)12-18/h3-13H,14-15H2,1-2H3,(H,29,35)(H,30,34). The van der Waals surface area contributed by atoms with E-state index in [1.54, 1.807) is 22.8 Å². The summed E-state index contributed by atoms with van der Waals surface area (Å²) in [6, 6.07) is 18.4. The molecule has 0 bridgehead atoms. The minimum Gasteiger partial charge on any atom is -0.345 e. The van der Waals surface area contributed by atoms with Gasteiger partial charge in [-0.3, -0.25) is 14.2 Å². The Labute approximate surface area is 217 Å². The third-order valence-electron chi connectivity index (χ3n) is 5.26. The first-order valence-corrected chi connectivity index (χ1v) is 12.4. The predicted molar refractivity (Wildman–Crippen MR) is 139 cm³/mol. The van der Waals surface area contributed by atoms with Crippen LogP contribution in [0.2, 0.25) is 5.02 Å². The molecule has 4 rings (SSSR count). The van der Waals surface area contributed by atoms with Crippen LogP contribution in [0.4, 0.5) is 10.1 Å². The lowest BCUT2D eigenvalue weighted by atomic mass is 10.1. The van der Waals surface area contributed by atoms with Crippen molar-refractivity contribution >= 4 is 40.9 Å². The van der Waals surface area contributed by atoms with E-state index in [0.29, 0.717) is 21.7 Å². The molecule has 0 aliphatic rings. The predicted octanol–water partition coefficient (Wildman–Crippen LogP) is 5.34. The van der Waals surface area contributed by atoms with Crippen molar-refractivity contribution in [3.63, 3.8) is 0 Å². The summed E-state index contributed by atoms with van der Waals surface area (Å²) in [5.41, 5.74) is 3.66. The van der Waals surface area contributed by atoms with Crippen molar-refractivity contribution in [2.24, 2.45) is 0 Å². The minimum atomic E-state index is -0.498. The number of aryl methyl sites for hydroxylation is 2. The minimum absolute atomic E-state index is 0.0318. The van der Waals surface area contributed by atoms with Crippen LogP contribution in [0.15, 0.2) is 71.9 Å². The Morgan fingerprint density at radius 1 is 1.03 bits per heavy atom.